The Kier molecular flexibility index (Phi) is 4.64. The summed E-state index contributed by atoms with van der Waals surface area (Å²) in [5.41, 5.74) is 1.68. The van der Waals surface area contributed by atoms with Gasteiger partial charge in [0.2, 0.25) is 5.91 Å². The maximum absolute atomic E-state index is 13.7. The summed E-state index contributed by atoms with van der Waals surface area (Å²) in [6.07, 6.45) is 3.55. The van der Waals surface area contributed by atoms with Crippen molar-refractivity contribution in [2.75, 3.05) is 6.54 Å². The van der Waals surface area contributed by atoms with E-state index in [4.69, 9.17) is 0 Å². The monoisotopic (exact) mass is 329 g/mol. The summed E-state index contributed by atoms with van der Waals surface area (Å²) in [6.45, 7) is 3.02. The molecule has 0 fully saturated rings. The van der Waals surface area contributed by atoms with Crippen LogP contribution in [-0.2, 0) is 11.3 Å². The molecule has 1 N–H and O–H groups in total. The van der Waals surface area contributed by atoms with Crippen molar-refractivity contribution in [1.82, 2.24) is 14.3 Å². The molecule has 0 atom stereocenters. The zero-order chi connectivity index (χ0) is 17.1. The molecule has 5 nitrogen and oxygen atoms in total. The summed E-state index contributed by atoms with van der Waals surface area (Å²) in [6, 6.07) is 7.96. The van der Waals surface area contributed by atoms with Gasteiger partial charge in [-0.25, -0.2) is 4.39 Å². The SMILES string of the molecule is CCCNC(=O)CCCn1c(=O)c2cccn2c2ccc(F)cc21. The molecule has 0 aliphatic carbocycles. The zero-order valence-electron chi connectivity index (χ0n) is 13.6. The fraction of sp³-hybridized carbons (Fsp3) is 0.333. The summed E-state index contributed by atoms with van der Waals surface area (Å²) < 4.78 is 17.0. The van der Waals surface area contributed by atoms with Crippen LogP contribution in [0.25, 0.3) is 16.6 Å². The van der Waals surface area contributed by atoms with Gasteiger partial charge in [-0.05, 0) is 43.2 Å². The minimum Gasteiger partial charge on any atom is -0.356 e. The number of benzene rings is 1. The molecule has 0 radical (unpaired) electrons. The number of amides is 1. The van der Waals surface area contributed by atoms with E-state index in [0.717, 1.165) is 11.9 Å². The molecule has 3 aromatic rings. The molecule has 0 unspecified atom stereocenters. The average Bonchev–Trinajstić information content (AvgIpc) is 3.05. The molecule has 0 spiro atoms. The predicted molar refractivity (Wildman–Crippen MR) is 91.7 cm³/mol. The van der Waals surface area contributed by atoms with Crippen molar-refractivity contribution in [3.63, 3.8) is 0 Å². The van der Waals surface area contributed by atoms with Gasteiger partial charge in [-0.1, -0.05) is 6.92 Å². The number of fused-ring (bicyclic) bond motifs is 3. The van der Waals surface area contributed by atoms with Crippen molar-refractivity contribution in [2.24, 2.45) is 0 Å². The minimum atomic E-state index is -0.386. The number of rotatable bonds is 6. The third-order valence-corrected chi connectivity index (χ3v) is 4.06. The van der Waals surface area contributed by atoms with Gasteiger partial charge in [0.15, 0.2) is 0 Å². The van der Waals surface area contributed by atoms with Crippen LogP contribution in [0.3, 0.4) is 0 Å². The molecule has 6 heteroatoms. The van der Waals surface area contributed by atoms with Gasteiger partial charge < -0.3 is 14.3 Å². The van der Waals surface area contributed by atoms with Gasteiger partial charge in [0.1, 0.15) is 11.3 Å². The fourth-order valence-electron chi connectivity index (χ4n) is 2.90. The van der Waals surface area contributed by atoms with E-state index in [1.54, 1.807) is 33.4 Å². The van der Waals surface area contributed by atoms with Crippen LogP contribution < -0.4 is 10.9 Å². The summed E-state index contributed by atoms with van der Waals surface area (Å²) in [5.74, 6) is -0.410. The van der Waals surface area contributed by atoms with E-state index in [9.17, 15) is 14.0 Å². The Bertz CT molecular complexity index is 942. The van der Waals surface area contributed by atoms with E-state index in [-0.39, 0.29) is 17.3 Å². The second-order valence-corrected chi connectivity index (χ2v) is 5.81. The lowest BCUT2D eigenvalue weighted by molar-refractivity contribution is -0.121. The zero-order valence-corrected chi connectivity index (χ0v) is 13.6. The molecule has 0 aliphatic heterocycles. The van der Waals surface area contributed by atoms with E-state index in [0.29, 0.717) is 37.0 Å². The molecule has 0 bridgehead atoms. The van der Waals surface area contributed by atoms with Gasteiger partial charge in [-0.3, -0.25) is 9.59 Å². The van der Waals surface area contributed by atoms with E-state index < -0.39 is 0 Å². The molecule has 126 valence electrons. The standard InChI is InChI=1S/C18H20FN3O2/c1-2-9-20-17(23)6-4-11-22-16-12-13(19)7-8-14(16)21-10-3-5-15(21)18(22)24/h3,5,7-8,10,12H,2,4,6,9,11H2,1H3,(H,20,23). The molecular formula is C18H20FN3O2. The van der Waals surface area contributed by atoms with Crippen LogP contribution in [0.4, 0.5) is 4.39 Å². The number of hydrogen-bond donors (Lipinski definition) is 1. The Morgan fingerprint density at radius 2 is 2.04 bits per heavy atom. The van der Waals surface area contributed by atoms with Gasteiger partial charge in [-0.2, -0.15) is 0 Å². The number of hydrogen-bond acceptors (Lipinski definition) is 2. The minimum absolute atomic E-state index is 0.0239. The van der Waals surface area contributed by atoms with E-state index >= 15 is 0 Å². The van der Waals surface area contributed by atoms with Gasteiger partial charge in [0.25, 0.3) is 5.56 Å². The molecule has 0 saturated carbocycles. The van der Waals surface area contributed by atoms with Crippen LogP contribution >= 0.6 is 0 Å². The van der Waals surface area contributed by atoms with Crippen molar-refractivity contribution in [2.45, 2.75) is 32.7 Å². The third kappa shape index (κ3) is 3.04. The Morgan fingerprint density at radius 3 is 2.83 bits per heavy atom. The topological polar surface area (TPSA) is 55.5 Å². The number of carbonyl (C=O) groups excluding carboxylic acids is 1. The maximum atomic E-state index is 13.7. The summed E-state index contributed by atoms with van der Waals surface area (Å²) in [4.78, 5) is 24.4. The first-order valence-corrected chi connectivity index (χ1v) is 8.17. The molecule has 24 heavy (non-hydrogen) atoms. The highest BCUT2D eigenvalue weighted by Gasteiger charge is 2.11. The third-order valence-electron chi connectivity index (χ3n) is 4.06. The lowest BCUT2D eigenvalue weighted by Crippen LogP contribution is -2.26. The number of halogens is 1. The van der Waals surface area contributed by atoms with Crippen LogP contribution in [0.2, 0.25) is 0 Å². The molecule has 0 aliphatic rings. The Labute approximate surface area is 138 Å². The fourth-order valence-corrected chi connectivity index (χ4v) is 2.90. The van der Waals surface area contributed by atoms with E-state index in [2.05, 4.69) is 5.32 Å². The first-order chi connectivity index (χ1) is 11.6. The summed E-state index contributed by atoms with van der Waals surface area (Å²) >= 11 is 0. The van der Waals surface area contributed by atoms with Gasteiger partial charge in [-0.15, -0.1) is 0 Å². The molecule has 0 saturated heterocycles. The van der Waals surface area contributed by atoms with Crippen LogP contribution in [0, 0.1) is 5.82 Å². The highest BCUT2D eigenvalue weighted by molar-refractivity contribution is 5.79. The van der Waals surface area contributed by atoms with Crippen molar-refractivity contribution >= 4 is 22.5 Å². The Morgan fingerprint density at radius 1 is 1.21 bits per heavy atom. The number of nitrogens with one attached hydrogen (secondary N) is 1. The highest BCUT2D eigenvalue weighted by atomic mass is 19.1. The molecule has 1 amide bonds. The second kappa shape index (κ2) is 6.86. The number of aryl methyl sites for hydroxylation is 1. The van der Waals surface area contributed by atoms with Crippen molar-refractivity contribution in [3.8, 4) is 0 Å². The predicted octanol–water partition coefficient (Wildman–Crippen LogP) is 2.70. The lowest BCUT2D eigenvalue weighted by atomic mass is 10.2. The number of carbonyl (C=O) groups is 1. The largest absolute Gasteiger partial charge is 0.356 e. The summed E-state index contributed by atoms with van der Waals surface area (Å²) in [5, 5.41) is 2.81. The first-order valence-electron chi connectivity index (χ1n) is 8.17. The second-order valence-electron chi connectivity index (χ2n) is 5.81. The van der Waals surface area contributed by atoms with Crippen molar-refractivity contribution in [3.05, 3.63) is 52.7 Å². The number of nitrogens with zero attached hydrogens (tertiary/aromatic N) is 2. The Hall–Kier alpha value is -2.63. The van der Waals surface area contributed by atoms with Crippen molar-refractivity contribution < 1.29 is 9.18 Å². The van der Waals surface area contributed by atoms with Gasteiger partial charge in [0.05, 0.1) is 11.0 Å². The molecule has 3 rings (SSSR count). The normalized spacial score (nSPS) is 11.2. The Balaban J connectivity index is 1.93. The summed E-state index contributed by atoms with van der Waals surface area (Å²) in [7, 11) is 0. The maximum Gasteiger partial charge on any atom is 0.275 e. The lowest BCUT2D eigenvalue weighted by Gasteiger charge is -2.12. The smallest absolute Gasteiger partial charge is 0.275 e. The quantitative estimate of drug-likeness (QED) is 0.756. The molecule has 2 heterocycles. The van der Waals surface area contributed by atoms with Gasteiger partial charge in [0, 0.05) is 25.7 Å². The van der Waals surface area contributed by atoms with Crippen LogP contribution in [0.5, 0.6) is 0 Å². The van der Waals surface area contributed by atoms with Crippen LogP contribution in [-0.4, -0.2) is 21.4 Å². The van der Waals surface area contributed by atoms with Crippen LogP contribution in [0.1, 0.15) is 26.2 Å². The van der Waals surface area contributed by atoms with Gasteiger partial charge >= 0.3 is 0 Å². The van der Waals surface area contributed by atoms with E-state index in [1.165, 1.54) is 12.1 Å². The van der Waals surface area contributed by atoms with Crippen LogP contribution in [0.15, 0.2) is 41.3 Å². The first kappa shape index (κ1) is 16.2. The van der Waals surface area contributed by atoms with Crippen molar-refractivity contribution in [1.29, 1.82) is 0 Å². The molecule has 2 aromatic heterocycles. The van der Waals surface area contributed by atoms with E-state index in [1.807, 2.05) is 6.92 Å². The molecular weight excluding hydrogens is 309 g/mol. The number of aromatic nitrogens is 2. The highest BCUT2D eigenvalue weighted by Crippen LogP contribution is 2.17. The molecule has 1 aromatic carbocycles. The average molecular weight is 329 g/mol.